The number of ether oxygens (including phenoxy) is 1. The molecule has 0 saturated carbocycles. The van der Waals surface area contributed by atoms with E-state index in [1.807, 2.05) is 43.6 Å². The summed E-state index contributed by atoms with van der Waals surface area (Å²) in [6, 6.07) is 13.9. The Morgan fingerprint density at radius 1 is 1.14 bits per heavy atom. The van der Waals surface area contributed by atoms with Gasteiger partial charge in [-0.3, -0.25) is 0 Å². The van der Waals surface area contributed by atoms with Gasteiger partial charge in [0.25, 0.3) is 0 Å². The lowest BCUT2D eigenvalue weighted by Gasteiger charge is -2.29. The second-order valence-corrected chi connectivity index (χ2v) is 10.2. The Morgan fingerprint density at radius 3 is 2.65 bits per heavy atom. The lowest BCUT2D eigenvalue weighted by Crippen LogP contribution is -2.35. The number of benzene rings is 2. The van der Waals surface area contributed by atoms with Crippen LogP contribution in [0.15, 0.2) is 48.7 Å². The molecule has 0 atom stereocenters. The van der Waals surface area contributed by atoms with E-state index in [0.717, 1.165) is 71.8 Å². The molecule has 8 heteroatoms. The van der Waals surface area contributed by atoms with Gasteiger partial charge < -0.3 is 25.7 Å². The lowest BCUT2D eigenvalue weighted by atomic mass is 9.87. The molecule has 2 heterocycles. The van der Waals surface area contributed by atoms with Crippen LogP contribution in [0.25, 0.3) is 11.3 Å². The van der Waals surface area contributed by atoms with E-state index in [-0.39, 0.29) is 6.10 Å². The quantitative estimate of drug-likeness (QED) is 0.389. The lowest BCUT2D eigenvalue weighted by molar-refractivity contribution is 0.114. The van der Waals surface area contributed by atoms with Crippen molar-refractivity contribution in [1.82, 2.24) is 20.2 Å². The monoisotopic (exact) mass is 516 g/mol. The van der Waals surface area contributed by atoms with E-state index in [9.17, 15) is 0 Å². The minimum Gasteiger partial charge on any atom is -0.490 e. The van der Waals surface area contributed by atoms with Crippen molar-refractivity contribution in [3.63, 3.8) is 0 Å². The molecule has 3 N–H and O–H groups in total. The maximum Gasteiger partial charge on any atom is 0.227 e. The zero-order chi connectivity index (χ0) is 25.9. The number of fused-ring (bicyclic) bond motifs is 1. The minimum absolute atomic E-state index is 0.213. The molecule has 0 radical (unpaired) electrons. The molecular formula is C29H33ClN6O. The normalized spacial score (nSPS) is 17.8. The molecule has 192 valence electrons. The molecule has 0 bridgehead atoms. The second-order valence-electron chi connectivity index (χ2n) is 9.75. The number of nitrogens with zero attached hydrogens (tertiary/aromatic N) is 3. The Hall–Kier alpha value is -3.42. The molecule has 2 aromatic carbocycles. The molecule has 0 spiro atoms. The van der Waals surface area contributed by atoms with Crippen molar-refractivity contribution >= 4 is 40.2 Å². The molecule has 1 aliphatic heterocycles. The van der Waals surface area contributed by atoms with Crippen LogP contribution in [0.4, 0.5) is 11.6 Å². The van der Waals surface area contributed by atoms with Gasteiger partial charge >= 0.3 is 0 Å². The van der Waals surface area contributed by atoms with Crippen molar-refractivity contribution in [2.75, 3.05) is 32.5 Å². The third-order valence-electron chi connectivity index (χ3n) is 7.12. The van der Waals surface area contributed by atoms with Gasteiger partial charge in [0.05, 0.1) is 22.1 Å². The van der Waals surface area contributed by atoms with E-state index >= 15 is 0 Å². The van der Waals surface area contributed by atoms with E-state index in [0.29, 0.717) is 28.8 Å². The number of hydrogen-bond acceptors (Lipinski definition) is 7. The number of hydrogen-bond donors (Lipinski definition) is 3. The first-order valence-electron chi connectivity index (χ1n) is 12.8. The SMILES string of the molecule is CN/C(=C1\C(=N)CCc2cnc(Nc3ccc(OC4CCN(C)CC4)cc3Cl)nc21)c1ccccc1C. The van der Waals surface area contributed by atoms with E-state index in [4.69, 9.17) is 26.7 Å². The molecule has 1 saturated heterocycles. The maximum atomic E-state index is 8.78. The van der Waals surface area contributed by atoms with E-state index in [2.05, 4.69) is 46.6 Å². The van der Waals surface area contributed by atoms with Crippen LogP contribution < -0.4 is 15.4 Å². The number of rotatable bonds is 6. The van der Waals surface area contributed by atoms with Crippen molar-refractivity contribution < 1.29 is 4.74 Å². The summed E-state index contributed by atoms with van der Waals surface area (Å²) in [5, 5.41) is 15.9. The van der Waals surface area contributed by atoms with Gasteiger partial charge in [0.2, 0.25) is 5.95 Å². The Morgan fingerprint density at radius 2 is 1.92 bits per heavy atom. The van der Waals surface area contributed by atoms with Crippen LogP contribution in [-0.2, 0) is 6.42 Å². The van der Waals surface area contributed by atoms with Crippen LogP contribution in [0, 0.1) is 12.3 Å². The third kappa shape index (κ3) is 5.48. The van der Waals surface area contributed by atoms with Gasteiger partial charge in [-0.15, -0.1) is 0 Å². The molecule has 7 nitrogen and oxygen atoms in total. The van der Waals surface area contributed by atoms with Gasteiger partial charge in [0.1, 0.15) is 11.9 Å². The van der Waals surface area contributed by atoms with Crippen LogP contribution in [0.5, 0.6) is 5.75 Å². The number of piperidine rings is 1. The molecule has 1 fully saturated rings. The first-order chi connectivity index (χ1) is 17.9. The minimum atomic E-state index is 0.213. The molecule has 2 aliphatic rings. The Labute approximate surface area is 223 Å². The molecule has 3 aromatic rings. The van der Waals surface area contributed by atoms with Gasteiger partial charge in [-0.25, -0.2) is 9.97 Å². The summed E-state index contributed by atoms with van der Waals surface area (Å²) < 4.78 is 6.17. The molecule has 37 heavy (non-hydrogen) atoms. The predicted molar refractivity (Wildman–Crippen MR) is 151 cm³/mol. The highest BCUT2D eigenvalue weighted by Crippen LogP contribution is 2.35. The molecular weight excluding hydrogens is 484 g/mol. The predicted octanol–water partition coefficient (Wildman–Crippen LogP) is 5.71. The van der Waals surface area contributed by atoms with Crippen LogP contribution >= 0.6 is 11.6 Å². The number of aryl methyl sites for hydroxylation is 2. The average molecular weight is 517 g/mol. The first-order valence-corrected chi connectivity index (χ1v) is 13.1. The van der Waals surface area contributed by atoms with E-state index in [1.165, 1.54) is 0 Å². The number of aromatic nitrogens is 2. The number of likely N-dealkylation sites (tertiary alicyclic amines) is 1. The van der Waals surface area contributed by atoms with Gasteiger partial charge in [0, 0.05) is 49.2 Å². The van der Waals surface area contributed by atoms with Crippen LogP contribution in [0.3, 0.4) is 0 Å². The zero-order valence-electron chi connectivity index (χ0n) is 21.6. The van der Waals surface area contributed by atoms with Gasteiger partial charge in [0.15, 0.2) is 0 Å². The van der Waals surface area contributed by atoms with E-state index in [1.54, 1.807) is 0 Å². The Balaban J connectivity index is 1.42. The highest BCUT2D eigenvalue weighted by molar-refractivity contribution is 6.33. The third-order valence-corrected chi connectivity index (χ3v) is 7.43. The van der Waals surface area contributed by atoms with Crippen molar-refractivity contribution in [2.45, 2.75) is 38.7 Å². The fourth-order valence-corrected chi connectivity index (χ4v) is 5.21. The van der Waals surface area contributed by atoms with Crippen molar-refractivity contribution in [2.24, 2.45) is 0 Å². The van der Waals surface area contributed by atoms with Crippen LogP contribution in [0.1, 0.15) is 41.6 Å². The van der Waals surface area contributed by atoms with Crippen molar-refractivity contribution in [1.29, 1.82) is 5.41 Å². The summed E-state index contributed by atoms with van der Waals surface area (Å²) in [5.74, 6) is 1.21. The van der Waals surface area contributed by atoms with Gasteiger partial charge in [-0.05, 0) is 62.9 Å². The van der Waals surface area contributed by atoms with E-state index < -0.39 is 0 Å². The molecule has 0 amide bonds. The molecule has 1 aromatic heterocycles. The summed E-state index contributed by atoms with van der Waals surface area (Å²) in [5.41, 5.74) is 7.01. The summed E-state index contributed by atoms with van der Waals surface area (Å²) >= 11 is 6.63. The van der Waals surface area contributed by atoms with Crippen molar-refractivity contribution in [3.8, 4) is 5.75 Å². The summed E-state index contributed by atoms with van der Waals surface area (Å²) in [6.07, 6.45) is 5.49. The molecule has 5 rings (SSSR count). The number of nitrogens with one attached hydrogen (secondary N) is 3. The number of halogens is 1. The smallest absolute Gasteiger partial charge is 0.227 e. The fraction of sp³-hybridized carbons (Fsp3) is 0.345. The first kappa shape index (κ1) is 25.2. The summed E-state index contributed by atoms with van der Waals surface area (Å²) in [6.45, 7) is 4.16. The Kier molecular flexibility index (Phi) is 7.44. The average Bonchev–Trinajstić information content (AvgIpc) is 2.89. The second kappa shape index (κ2) is 10.9. The number of anilines is 2. The topological polar surface area (TPSA) is 86.2 Å². The van der Waals surface area contributed by atoms with Crippen LogP contribution in [0.2, 0.25) is 5.02 Å². The highest BCUT2D eigenvalue weighted by atomic mass is 35.5. The summed E-state index contributed by atoms with van der Waals surface area (Å²) in [7, 11) is 4.03. The number of allylic oxidation sites excluding steroid dienone is 1. The van der Waals surface area contributed by atoms with Gasteiger partial charge in [-0.2, -0.15) is 0 Å². The highest BCUT2D eigenvalue weighted by Gasteiger charge is 2.26. The molecule has 0 unspecified atom stereocenters. The molecule has 1 aliphatic carbocycles. The zero-order valence-corrected chi connectivity index (χ0v) is 22.3. The van der Waals surface area contributed by atoms with Crippen LogP contribution in [-0.4, -0.2) is 53.9 Å². The van der Waals surface area contributed by atoms with Gasteiger partial charge in [-0.1, -0.05) is 35.9 Å². The standard InChI is InChI=1S/C29H33ClN6O/c1-18-6-4-5-7-22(18)28(32-2)26-24(31)10-8-19-17-33-29(35-27(19)26)34-25-11-9-21(16-23(25)30)37-20-12-14-36(3)15-13-20/h4-7,9,11,16-17,20,31-32H,8,10,12-15H2,1-3H3,(H,33,34,35)/b28-26+,31-24?. The van der Waals surface area contributed by atoms with Crippen molar-refractivity contribution in [3.05, 3.63) is 76.1 Å². The summed E-state index contributed by atoms with van der Waals surface area (Å²) in [4.78, 5) is 11.7. The maximum absolute atomic E-state index is 8.78. The Bertz CT molecular complexity index is 1350. The fourth-order valence-electron chi connectivity index (χ4n) is 5.00. The largest absolute Gasteiger partial charge is 0.490 e.